The van der Waals surface area contributed by atoms with Crippen molar-refractivity contribution in [2.24, 2.45) is 0 Å². The molecule has 0 bridgehead atoms. The molecule has 0 aliphatic heterocycles. The van der Waals surface area contributed by atoms with E-state index in [0.717, 1.165) is 16.5 Å². The van der Waals surface area contributed by atoms with E-state index in [9.17, 15) is 15.2 Å². The molecule has 5 nitrogen and oxygen atoms in total. The van der Waals surface area contributed by atoms with Gasteiger partial charge in [-0.1, -0.05) is 23.8 Å². The number of fused-ring (bicyclic) bond motifs is 1. The van der Waals surface area contributed by atoms with Crippen LogP contribution in [0.1, 0.15) is 21.5 Å². The third-order valence-corrected chi connectivity index (χ3v) is 3.56. The Kier molecular flexibility index (Phi) is 3.65. The Labute approximate surface area is 132 Å². The number of aryl methyl sites for hydroxylation is 1. The number of carboxylic acids is 1. The molecular formula is C18H13N3O2. The predicted octanol–water partition coefficient (Wildman–Crippen LogP) is 3.86. The maximum Gasteiger partial charge on any atom is 0.337 e. The smallest absolute Gasteiger partial charge is 0.337 e. The molecule has 1 heterocycles. The molecule has 0 aliphatic rings. The molecule has 0 atom stereocenters. The Morgan fingerprint density at radius 2 is 2.04 bits per heavy atom. The van der Waals surface area contributed by atoms with Crippen molar-refractivity contribution >= 4 is 28.2 Å². The molecule has 3 aromatic rings. The molecule has 5 heteroatoms. The van der Waals surface area contributed by atoms with Crippen molar-refractivity contribution < 1.29 is 9.90 Å². The van der Waals surface area contributed by atoms with Gasteiger partial charge < -0.3 is 10.4 Å². The van der Waals surface area contributed by atoms with Gasteiger partial charge in [0.1, 0.15) is 6.07 Å². The van der Waals surface area contributed by atoms with Crippen LogP contribution in [0.3, 0.4) is 0 Å². The third-order valence-electron chi connectivity index (χ3n) is 3.56. The first-order chi connectivity index (χ1) is 11.1. The minimum absolute atomic E-state index is 0.147. The van der Waals surface area contributed by atoms with Gasteiger partial charge in [0.05, 0.1) is 28.0 Å². The van der Waals surface area contributed by atoms with Crippen molar-refractivity contribution in [2.75, 3.05) is 5.32 Å². The molecule has 23 heavy (non-hydrogen) atoms. The highest BCUT2D eigenvalue weighted by molar-refractivity contribution is 6.00. The summed E-state index contributed by atoms with van der Waals surface area (Å²) in [5.74, 6) is -1.03. The number of aromatic carboxylic acids is 1. The molecule has 0 saturated carbocycles. The van der Waals surface area contributed by atoms with Gasteiger partial charge in [-0.3, -0.25) is 4.98 Å². The number of rotatable bonds is 3. The standard InChI is InChI=1S/C18H13N3O2/c1-11-6-7-15-14(8-11)17(12(9-19)10-20-15)21-16-5-3-2-4-13(16)18(22)23/h2-8,10H,1H3,(H,20,21)(H,22,23). The molecule has 2 N–H and O–H groups in total. The van der Waals surface area contributed by atoms with Crippen LogP contribution in [0.5, 0.6) is 0 Å². The van der Waals surface area contributed by atoms with Crippen LogP contribution in [0, 0.1) is 18.3 Å². The molecule has 0 aliphatic carbocycles. The number of carboxylic acid groups (broad SMARTS) is 1. The highest BCUT2D eigenvalue weighted by atomic mass is 16.4. The van der Waals surface area contributed by atoms with Crippen molar-refractivity contribution in [2.45, 2.75) is 6.92 Å². The van der Waals surface area contributed by atoms with Gasteiger partial charge in [0, 0.05) is 11.6 Å². The van der Waals surface area contributed by atoms with Gasteiger partial charge in [0.2, 0.25) is 0 Å². The summed E-state index contributed by atoms with van der Waals surface area (Å²) < 4.78 is 0. The number of hydrogen-bond donors (Lipinski definition) is 2. The van der Waals surface area contributed by atoms with Crippen molar-refractivity contribution in [3.8, 4) is 6.07 Å². The highest BCUT2D eigenvalue weighted by Crippen LogP contribution is 2.30. The second kappa shape index (κ2) is 5.78. The molecule has 0 saturated heterocycles. The van der Waals surface area contributed by atoms with Crippen LogP contribution in [0.25, 0.3) is 10.9 Å². The predicted molar refractivity (Wildman–Crippen MR) is 87.9 cm³/mol. The van der Waals surface area contributed by atoms with Crippen LogP contribution in [0.2, 0.25) is 0 Å². The zero-order valence-corrected chi connectivity index (χ0v) is 12.4. The first-order valence-electron chi connectivity index (χ1n) is 6.99. The van der Waals surface area contributed by atoms with Gasteiger partial charge in [-0.15, -0.1) is 0 Å². The van der Waals surface area contributed by atoms with E-state index in [4.69, 9.17) is 0 Å². The van der Waals surface area contributed by atoms with Gasteiger partial charge in [0.15, 0.2) is 0 Å². The van der Waals surface area contributed by atoms with Gasteiger partial charge in [0.25, 0.3) is 0 Å². The first kappa shape index (κ1) is 14.5. The first-order valence-corrected chi connectivity index (χ1v) is 6.99. The lowest BCUT2D eigenvalue weighted by Gasteiger charge is -2.13. The van der Waals surface area contributed by atoms with E-state index < -0.39 is 5.97 Å². The van der Waals surface area contributed by atoms with Crippen LogP contribution in [-0.4, -0.2) is 16.1 Å². The van der Waals surface area contributed by atoms with Gasteiger partial charge in [-0.25, -0.2) is 4.79 Å². The summed E-state index contributed by atoms with van der Waals surface area (Å²) >= 11 is 0. The number of aromatic nitrogens is 1. The molecule has 0 amide bonds. The lowest BCUT2D eigenvalue weighted by Crippen LogP contribution is -2.04. The number of pyridine rings is 1. The molecule has 3 rings (SSSR count). The number of nitrogens with one attached hydrogen (secondary N) is 1. The van der Waals surface area contributed by atoms with Gasteiger partial charge in [-0.05, 0) is 31.2 Å². The number of anilines is 2. The van der Waals surface area contributed by atoms with E-state index in [1.54, 1.807) is 18.2 Å². The Morgan fingerprint density at radius 3 is 2.78 bits per heavy atom. The SMILES string of the molecule is Cc1ccc2ncc(C#N)c(Nc3ccccc3C(=O)O)c2c1. The number of para-hydroxylation sites is 1. The zero-order chi connectivity index (χ0) is 16.4. The van der Waals surface area contributed by atoms with Crippen molar-refractivity contribution in [1.29, 1.82) is 5.26 Å². The van der Waals surface area contributed by atoms with Crippen molar-refractivity contribution in [3.63, 3.8) is 0 Å². The van der Waals surface area contributed by atoms with E-state index in [-0.39, 0.29) is 5.56 Å². The quantitative estimate of drug-likeness (QED) is 0.767. The van der Waals surface area contributed by atoms with Gasteiger partial charge >= 0.3 is 5.97 Å². The lowest BCUT2D eigenvalue weighted by atomic mass is 10.1. The fraction of sp³-hybridized carbons (Fsp3) is 0.0556. The topological polar surface area (TPSA) is 86.0 Å². The van der Waals surface area contributed by atoms with E-state index >= 15 is 0 Å². The Balaban J connectivity index is 2.22. The molecule has 0 radical (unpaired) electrons. The van der Waals surface area contributed by atoms with E-state index in [1.807, 2.05) is 25.1 Å². The lowest BCUT2D eigenvalue weighted by molar-refractivity contribution is 0.0698. The minimum atomic E-state index is -1.03. The Morgan fingerprint density at radius 1 is 1.26 bits per heavy atom. The van der Waals surface area contributed by atoms with E-state index in [0.29, 0.717) is 16.9 Å². The zero-order valence-electron chi connectivity index (χ0n) is 12.4. The normalized spacial score (nSPS) is 10.3. The minimum Gasteiger partial charge on any atom is -0.478 e. The number of hydrogen-bond acceptors (Lipinski definition) is 4. The fourth-order valence-electron chi connectivity index (χ4n) is 2.44. The summed E-state index contributed by atoms with van der Waals surface area (Å²) in [6, 6.07) is 14.4. The molecular weight excluding hydrogens is 290 g/mol. The van der Waals surface area contributed by atoms with Crippen molar-refractivity contribution in [1.82, 2.24) is 4.98 Å². The maximum absolute atomic E-state index is 11.4. The summed E-state index contributed by atoms with van der Waals surface area (Å²) in [7, 11) is 0. The van der Waals surface area contributed by atoms with Crippen LogP contribution in [0.4, 0.5) is 11.4 Å². The number of carbonyl (C=O) groups is 1. The van der Waals surface area contributed by atoms with Crippen LogP contribution < -0.4 is 5.32 Å². The van der Waals surface area contributed by atoms with Crippen LogP contribution in [0.15, 0.2) is 48.7 Å². The summed E-state index contributed by atoms with van der Waals surface area (Å²) in [6.45, 7) is 1.95. The van der Waals surface area contributed by atoms with E-state index in [1.165, 1.54) is 12.3 Å². The average molecular weight is 303 g/mol. The molecule has 112 valence electrons. The third kappa shape index (κ3) is 2.70. The molecule has 0 spiro atoms. The summed E-state index contributed by atoms with van der Waals surface area (Å²) in [5, 5.41) is 22.5. The fourth-order valence-corrected chi connectivity index (χ4v) is 2.44. The second-order valence-corrected chi connectivity index (χ2v) is 5.16. The maximum atomic E-state index is 11.4. The summed E-state index contributed by atoms with van der Waals surface area (Å²) in [6.07, 6.45) is 1.49. The van der Waals surface area contributed by atoms with Crippen LogP contribution in [-0.2, 0) is 0 Å². The summed E-state index contributed by atoms with van der Waals surface area (Å²) in [5.41, 5.74) is 3.28. The van der Waals surface area contributed by atoms with Gasteiger partial charge in [-0.2, -0.15) is 5.26 Å². The molecule has 1 aromatic heterocycles. The highest BCUT2D eigenvalue weighted by Gasteiger charge is 2.14. The largest absolute Gasteiger partial charge is 0.478 e. The molecule has 2 aromatic carbocycles. The average Bonchev–Trinajstić information content (AvgIpc) is 2.55. The monoisotopic (exact) mass is 303 g/mol. The Bertz CT molecular complexity index is 958. The van der Waals surface area contributed by atoms with E-state index in [2.05, 4.69) is 16.4 Å². The second-order valence-electron chi connectivity index (χ2n) is 5.16. The number of benzene rings is 2. The number of nitrogens with zero attached hydrogens (tertiary/aromatic N) is 2. The molecule has 0 fully saturated rings. The summed E-state index contributed by atoms with van der Waals surface area (Å²) in [4.78, 5) is 15.6. The van der Waals surface area contributed by atoms with Crippen LogP contribution >= 0.6 is 0 Å². The Hall–Kier alpha value is -3.39. The number of nitriles is 1. The van der Waals surface area contributed by atoms with Crippen molar-refractivity contribution in [3.05, 3.63) is 65.4 Å². The molecule has 0 unspecified atom stereocenters.